The number of rotatable bonds is 5. The predicted octanol–water partition coefficient (Wildman–Crippen LogP) is 2.74. The number of hydrogen-bond donors (Lipinski definition) is 1. The monoisotopic (exact) mass is 315 g/mol. The van der Waals surface area contributed by atoms with E-state index in [0.717, 1.165) is 4.88 Å². The lowest BCUT2D eigenvalue weighted by atomic mass is 10.2. The zero-order valence-electron chi connectivity index (χ0n) is 11.8. The van der Waals surface area contributed by atoms with Crippen LogP contribution in [0.4, 0.5) is 0 Å². The van der Waals surface area contributed by atoms with Crippen molar-refractivity contribution in [1.82, 2.24) is 15.5 Å². The highest BCUT2D eigenvalue weighted by molar-refractivity contribution is 7.13. The highest BCUT2D eigenvalue weighted by Crippen LogP contribution is 2.22. The van der Waals surface area contributed by atoms with Crippen LogP contribution in [0.2, 0.25) is 0 Å². The van der Waals surface area contributed by atoms with Crippen LogP contribution in [0.1, 0.15) is 16.2 Å². The van der Waals surface area contributed by atoms with Gasteiger partial charge in [-0.15, -0.1) is 11.3 Å². The Morgan fingerprint density at radius 1 is 1.32 bits per heavy atom. The van der Waals surface area contributed by atoms with Crippen molar-refractivity contribution in [2.24, 2.45) is 0 Å². The molecule has 0 aliphatic rings. The number of amides is 1. The first-order valence-corrected chi connectivity index (χ1v) is 7.45. The second-order valence-corrected chi connectivity index (χ2v) is 5.33. The van der Waals surface area contributed by atoms with Gasteiger partial charge in [0.05, 0.1) is 4.88 Å². The normalized spacial score (nSPS) is 10.4. The Kier molecular flexibility index (Phi) is 4.15. The van der Waals surface area contributed by atoms with E-state index in [1.54, 1.807) is 31.3 Å². The number of nitrogens with one attached hydrogen (secondary N) is 1. The SMILES string of the molecule is CNC(=O)c1ccc(OCc2noc(-c3cccs3)n2)cc1. The molecule has 0 spiro atoms. The van der Waals surface area contributed by atoms with E-state index < -0.39 is 0 Å². The van der Waals surface area contributed by atoms with Crippen molar-refractivity contribution in [3.63, 3.8) is 0 Å². The van der Waals surface area contributed by atoms with Crippen molar-refractivity contribution in [3.05, 3.63) is 53.2 Å². The Balaban J connectivity index is 1.62. The van der Waals surface area contributed by atoms with Gasteiger partial charge in [0, 0.05) is 12.6 Å². The molecule has 22 heavy (non-hydrogen) atoms. The fraction of sp³-hybridized carbons (Fsp3) is 0.133. The highest BCUT2D eigenvalue weighted by Gasteiger charge is 2.10. The van der Waals surface area contributed by atoms with Crippen molar-refractivity contribution in [1.29, 1.82) is 0 Å². The van der Waals surface area contributed by atoms with E-state index >= 15 is 0 Å². The van der Waals surface area contributed by atoms with Crippen LogP contribution >= 0.6 is 11.3 Å². The van der Waals surface area contributed by atoms with Crippen LogP contribution in [0, 0.1) is 0 Å². The zero-order chi connectivity index (χ0) is 15.4. The van der Waals surface area contributed by atoms with Crippen molar-refractivity contribution < 1.29 is 14.1 Å². The van der Waals surface area contributed by atoms with E-state index in [-0.39, 0.29) is 12.5 Å². The van der Waals surface area contributed by atoms with E-state index in [0.29, 0.717) is 23.0 Å². The van der Waals surface area contributed by atoms with E-state index in [4.69, 9.17) is 9.26 Å². The molecule has 3 rings (SSSR count). The number of ether oxygens (including phenoxy) is 1. The summed E-state index contributed by atoms with van der Waals surface area (Å²) in [4.78, 5) is 16.6. The maximum atomic E-state index is 11.4. The molecule has 0 unspecified atom stereocenters. The first kappa shape index (κ1) is 14.3. The summed E-state index contributed by atoms with van der Waals surface area (Å²) >= 11 is 1.54. The van der Waals surface area contributed by atoms with Crippen LogP contribution in [0.25, 0.3) is 10.8 Å². The number of nitrogens with zero attached hydrogens (tertiary/aromatic N) is 2. The van der Waals surface area contributed by atoms with Gasteiger partial charge in [-0.2, -0.15) is 4.98 Å². The standard InChI is InChI=1S/C15H13N3O3S/c1-16-14(19)10-4-6-11(7-5-10)20-9-13-17-15(21-18-13)12-3-2-8-22-12/h2-8H,9H2,1H3,(H,16,19). The van der Waals surface area contributed by atoms with Crippen LogP contribution in [-0.4, -0.2) is 23.1 Å². The number of aromatic nitrogens is 2. The molecule has 7 heteroatoms. The van der Waals surface area contributed by atoms with Gasteiger partial charge in [-0.25, -0.2) is 0 Å². The molecule has 6 nitrogen and oxygen atoms in total. The van der Waals surface area contributed by atoms with Crippen LogP contribution < -0.4 is 10.1 Å². The third-order valence-corrected chi connectivity index (χ3v) is 3.77. The summed E-state index contributed by atoms with van der Waals surface area (Å²) in [7, 11) is 1.59. The van der Waals surface area contributed by atoms with E-state index in [9.17, 15) is 4.79 Å². The lowest BCUT2D eigenvalue weighted by Gasteiger charge is -2.04. The van der Waals surface area contributed by atoms with Crippen LogP contribution in [-0.2, 0) is 6.61 Å². The molecule has 1 N–H and O–H groups in total. The molecule has 0 saturated heterocycles. The Morgan fingerprint density at radius 2 is 2.14 bits per heavy atom. The number of hydrogen-bond acceptors (Lipinski definition) is 6. The first-order valence-electron chi connectivity index (χ1n) is 6.57. The molecule has 1 amide bonds. The summed E-state index contributed by atoms with van der Waals surface area (Å²) in [6, 6.07) is 10.7. The highest BCUT2D eigenvalue weighted by atomic mass is 32.1. The lowest BCUT2D eigenvalue weighted by molar-refractivity contribution is 0.0963. The molecule has 0 saturated carbocycles. The molecule has 0 radical (unpaired) electrons. The Hall–Kier alpha value is -2.67. The summed E-state index contributed by atoms with van der Waals surface area (Å²) in [6.45, 7) is 0.203. The minimum absolute atomic E-state index is 0.134. The van der Waals surface area contributed by atoms with Gasteiger partial charge in [-0.3, -0.25) is 4.79 Å². The maximum Gasteiger partial charge on any atom is 0.268 e. The minimum atomic E-state index is -0.134. The van der Waals surface area contributed by atoms with Gasteiger partial charge in [0.1, 0.15) is 5.75 Å². The molecule has 0 aliphatic heterocycles. The number of carbonyl (C=O) groups excluding carboxylic acids is 1. The molecular weight excluding hydrogens is 302 g/mol. The fourth-order valence-corrected chi connectivity index (χ4v) is 2.45. The molecule has 0 atom stereocenters. The molecular formula is C15H13N3O3S. The predicted molar refractivity (Wildman–Crippen MR) is 81.8 cm³/mol. The molecule has 1 aromatic carbocycles. The van der Waals surface area contributed by atoms with Gasteiger partial charge >= 0.3 is 0 Å². The van der Waals surface area contributed by atoms with Gasteiger partial charge in [-0.05, 0) is 35.7 Å². The lowest BCUT2D eigenvalue weighted by Crippen LogP contribution is -2.17. The average Bonchev–Trinajstić information content (AvgIpc) is 3.23. The van der Waals surface area contributed by atoms with Crippen molar-refractivity contribution >= 4 is 17.2 Å². The molecule has 3 aromatic rings. The van der Waals surface area contributed by atoms with Gasteiger partial charge in [0.2, 0.25) is 5.82 Å². The summed E-state index contributed by atoms with van der Waals surface area (Å²) in [5, 5.41) is 8.39. The molecule has 2 aromatic heterocycles. The smallest absolute Gasteiger partial charge is 0.268 e. The topological polar surface area (TPSA) is 77.2 Å². The summed E-state index contributed by atoms with van der Waals surface area (Å²) in [6.07, 6.45) is 0. The molecule has 2 heterocycles. The zero-order valence-corrected chi connectivity index (χ0v) is 12.6. The number of carbonyl (C=O) groups is 1. The molecule has 0 bridgehead atoms. The second kappa shape index (κ2) is 6.40. The fourth-order valence-electron chi connectivity index (χ4n) is 1.81. The van der Waals surface area contributed by atoms with Crippen molar-refractivity contribution in [3.8, 4) is 16.5 Å². The maximum absolute atomic E-state index is 11.4. The van der Waals surface area contributed by atoms with E-state index in [2.05, 4.69) is 15.5 Å². The second-order valence-electron chi connectivity index (χ2n) is 4.39. The minimum Gasteiger partial charge on any atom is -0.485 e. The van der Waals surface area contributed by atoms with Gasteiger partial charge in [0.25, 0.3) is 11.8 Å². The molecule has 0 fully saturated rings. The van der Waals surface area contributed by atoms with E-state index in [1.807, 2.05) is 17.5 Å². The van der Waals surface area contributed by atoms with Gasteiger partial charge in [0.15, 0.2) is 6.61 Å². The largest absolute Gasteiger partial charge is 0.485 e. The Labute approximate surface area is 130 Å². The third-order valence-electron chi connectivity index (χ3n) is 2.91. The third kappa shape index (κ3) is 3.15. The van der Waals surface area contributed by atoms with Crippen LogP contribution in [0.5, 0.6) is 5.75 Å². The summed E-state index contributed by atoms with van der Waals surface area (Å²) in [5.74, 6) is 1.46. The Bertz CT molecular complexity index is 751. The van der Waals surface area contributed by atoms with Gasteiger partial charge < -0.3 is 14.6 Å². The van der Waals surface area contributed by atoms with Crippen molar-refractivity contribution in [2.45, 2.75) is 6.61 Å². The Morgan fingerprint density at radius 3 is 2.82 bits per heavy atom. The quantitative estimate of drug-likeness (QED) is 0.783. The summed E-state index contributed by atoms with van der Waals surface area (Å²) in [5.41, 5.74) is 0.578. The number of thiophene rings is 1. The average molecular weight is 315 g/mol. The summed E-state index contributed by atoms with van der Waals surface area (Å²) < 4.78 is 10.8. The first-order chi connectivity index (χ1) is 10.8. The van der Waals surface area contributed by atoms with Gasteiger partial charge in [-0.1, -0.05) is 11.2 Å². The van der Waals surface area contributed by atoms with Crippen molar-refractivity contribution in [2.75, 3.05) is 7.05 Å². The molecule has 0 aliphatic carbocycles. The van der Waals surface area contributed by atoms with Crippen LogP contribution in [0.15, 0.2) is 46.3 Å². The van der Waals surface area contributed by atoms with E-state index in [1.165, 1.54) is 11.3 Å². The number of benzene rings is 1. The van der Waals surface area contributed by atoms with Crippen LogP contribution in [0.3, 0.4) is 0 Å². The molecule has 112 valence electrons.